The van der Waals surface area contributed by atoms with Crippen LogP contribution in [-0.2, 0) is 16.1 Å². The van der Waals surface area contributed by atoms with Gasteiger partial charge in [-0.25, -0.2) is 0 Å². The van der Waals surface area contributed by atoms with E-state index in [2.05, 4.69) is 15.7 Å². The van der Waals surface area contributed by atoms with Crippen molar-refractivity contribution in [1.82, 2.24) is 25.3 Å². The number of rotatable bonds is 6. The minimum atomic E-state index is -0.0274. The third-order valence-electron chi connectivity index (χ3n) is 4.93. The van der Waals surface area contributed by atoms with Crippen molar-refractivity contribution in [3.05, 3.63) is 18.5 Å². The summed E-state index contributed by atoms with van der Waals surface area (Å²) >= 11 is 0. The van der Waals surface area contributed by atoms with Gasteiger partial charge in [0.15, 0.2) is 0 Å². The standard InChI is InChI=1S/C17H27N5O2.2ClH/c23-16(6-11-22-10-3-8-20-22)21-9-2-4-14(13-21)12-19-17(24)15-5-1-7-18-15;;/h3,8,10,14-15,18H,1-2,4-7,9,11-13H2,(H,19,24);2*1H. The Kier molecular flexibility index (Phi) is 9.98. The number of carbonyl (C=O) groups excluding carboxylic acids is 2. The molecular formula is C17H29Cl2N5O2. The molecule has 0 aromatic carbocycles. The van der Waals surface area contributed by atoms with Gasteiger partial charge < -0.3 is 15.5 Å². The molecule has 9 heteroatoms. The van der Waals surface area contributed by atoms with Crippen LogP contribution in [0.3, 0.4) is 0 Å². The van der Waals surface area contributed by atoms with Crippen LogP contribution >= 0.6 is 24.8 Å². The van der Waals surface area contributed by atoms with Crippen LogP contribution in [-0.4, -0.2) is 58.7 Å². The van der Waals surface area contributed by atoms with Gasteiger partial charge in [0.05, 0.1) is 6.04 Å². The van der Waals surface area contributed by atoms with Crippen LogP contribution in [0.1, 0.15) is 32.1 Å². The molecule has 26 heavy (non-hydrogen) atoms. The molecule has 7 nitrogen and oxygen atoms in total. The fourth-order valence-corrected chi connectivity index (χ4v) is 3.54. The fourth-order valence-electron chi connectivity index (χ4n) is 3.54. The molecule has 2 N–H and O–H groups in total. The Morgan fingerprint density at radius 3 is 2.77 bits per heavy atom. The van der Waals surface area contributed by atoms with Crippen LogP contribution in [0.5, 0.6) is 0 Å². The molecule has 3 heterocycles. The number of aryl methyl sites for hydroxylation is 1. The lowest BCUT2D eigenvalue weighted by molar-refractivity contribution is -0.133. The predicted molar refractivity (Wildman–Crippen MR) is 105 cm³/mol. The number of likely N-dealkylation sites (tertiary alicyclic amines) is 1. The molecule has 2 unspecified atom stereocenters. The van der Waals surface area contributed by atoms with Crippen molar-refractivity contribution < 1.29 is 9.59 Å². The van der Waals surface area contributed by atoms with Crippen molar-refractivity contribution in [2.24, 2.45) is 5.92 Å². The maximum Gasteiger partial charge on any atom is 0.237 e. The highest BCUT2D eigenvalue weighted by atomic mass is 35.5. The van der Waals surface area contributed by atoms with E-state index < -0.39 is 0 Å². The van der Waals surface area contributed by atoms with Gasteiger partial charge in [0.25, 0.3) is 0 Å². The number of hydrogen-bond acceptors (Lipinski definition) is 4. The van der Waals surface area contributed by atoms with Gasteiger partial charge in [0.2, 0.25) is 11.8 Å². The van der Waals surface area contributed by atoms with E-state index in [1.165, 1.54) is 0 Å². The summed E-state index contributed by atoms with van der Waals surface area (Å²) in [5, 5.41) is 10.4. The Morgan fingerprint density at radius 2 is 2.08 bits per heavy atom. The number of halogens is 2. The lowest BCUT2D eigenvalue weighted by Gasteiger charge is -2.33. The summed E-state index contributed by atoms with van der Waals surface area (Å²) in [6.07, 6.45) is 8.15. The molecule has 0 radical (unpaired) electrons. The van der Waals surface area contributed by atoms with E-state index in [1.54, 1.807) is 10.9 Å². The van der Waals surface area contributed by atoms with Gasteiger partial charge in [0, 0.05) is 45.0 Å². The number of nitrogens with one attached hydrogen (secondary N) is 2. The highest BCUT2D eigenvalue weighted by Crippen LogP contribution is 2.17. The van der Waals surface area contributed by atoms with E-state index in [4.69, 9.17) is 0 Å². The number of aromatic nitrogens is 2. The first-order valence-electron chi connectivity index (χ1n) is 8.98. The first-order valence-corrected chi connectivity index (χ1v) is 8.98. The second kappa shape index (κ2) is 11.4. The molecule has 3 rings (SSSR count). The Hall–Kier alpha value is -1.31. The van der Waals surface area contributed by atoms with Crippen LogP contribution in [0, 0.1) is 5.92 Å². The van der Waals surface area contributed by atoms with Crippen LogP contribution < -0.4 is 10.6 Å². The van der Waals surface area contributed by atoms with E-state index in [-0.39, 0.29) is 42.7 Å². The number of carbonyl (C=O) groups is 2. The molecule has 0 spiro atoms. The zero-order valence-electron chi connectivity index (χ0n) is 14.9. The summed E-state index contributed by atoms with van der Waals surface area (Å²) in [6.45, 7) is 3.79. The van der Waals surface area contributed by atoms with E-state index in [9.17, 15) is 9.59 Å². The zero-order valence-corrected chi connectivity index (χ0v) is 16.6. The van der Waals surface area contributed by atoms with Gasteiger partial charge in [-0.2, -0.15) is 5.10 Å². The Bertz CT molecular complexity index is 549. The lowest BCUT2D eigenvalue weighted by Crippen LogP contribution is -2.46. The maximum absolute atomic E-state index is 12.4. The molecule has 1 aromatic heterocycles. The first kappa shape index (κ1) is 22.7. The van der Waals surface area contributed by atoms with Crippen LogP contribution in [0.25, 0.3) is 0 Å². The lowest BCUT2D eigenvalue weighted by atomic mass is 9.97. The van der Waals surface area contributed by atoms with Crippen molar-refractivity contribution in [3.63, 3.8) is 0 Å². The van der Waals surface area contributed by atoms with Crippen LogP contribution in [0.4, 0.5) is 0 Å². The van der Waals surface area contributed by atoms with Gasteiger partial charge in [-0.15, -0.1) is 24.8 Å². The van der Waals surface area contributed by atoms with Gasteiger partial charge in [-0.3, -0.25) is 14.3 Å². The van der Waals surface area contributed by atoms with Gasteiger partial charge in [-0.1, -0.05) is 0 Å². The highest BCUT2D eigenvalue weighted by Gasteiger charge is 2.26. The Morgan fingerprint density at radius 1 is 1.23 bits per heavy atom. The highest BCUT2D eigenvalue weighted by molar-refractivity contribution is 5.85. The van der Waals surface area contributed by atoms with Crippen molar-refractivity contribution in [3.8, 4) is 0 Å². The monoisotopic (exact) mass is 405 g/mol. The average Bonchev–Trinajstić information content (AvgIpc) is 3.31. The second-order valence-corrected chi connectivity index (χ2v) is 6.76. The van der Waals surface area contributed by atoms with Gasteiger partial charge in [-0.05, 0) is 44.2 Å². The summed E-state index contributed by atoms with van der Waals surface area (Å²) in [6, 6.07) is 1.84. The third-order valence-corrected chi connectivity index (χ3v) is 4.93. The molecule has 2 amide bonds. The molecule has 1 aromatic rings. The SMILES string of the molecule is Cl.Cl.O=C(NCC1CCCN(C(=O)CCn2cccn2)C1)C1CCCN1. The van der Waals surface area contributed by atoms with E-state index in [0.29, 0.717) is 25.4 Å². The van der Waals surface area contributed by atoms with E-state index in [0.717, 1.165) is 45.3 Å². The largest absolute Gasteiger partial charge is 0.354 e. The molecule has 2 aliphatic rings. The molecule has 0 saturated carbocycles. The summed E-state index contributed by atoms with van der Waals surface area (Å²) < 4.78 is 1.79. The van der Waals surface area contributed by atoms with Crippen molar-refractivity contribution in [2.75, 3.05) is 26.2 Å². The molecule has 2 aliphatic heterocycles. The van der Waals surface area contributed by atoms with E-state index >= 15 is 0 Å². The summed E-state index contributed by atoms with van der Waals surface area (Å²) in [5.74, 6) is 0.645. The second-order valence-electron chi connectivity index (χ2n) is 6.76. The normalized spacial score (nSPS) is 22.2. The molecule has 0 bridgehead atoms. The average molecular weight is 406 g/mol. The van der Waals surface area contributed by atoms with Crippen molar-refractivity contribution in [2.45, 2.75) is 44.7 Å². The molecular weight excluding hydrogens is 377 g/mol. The first-order chi connectivity index (χ1) is 11.7. The van der Waals surface area contributed by atoms with E-state index in [1.807, 2.05) is 17.2 Å². The van der Waals surface area contributed by atoms with Gasteiger partial charge >= 0.3 is 0 Å². The number of nitrogens with zero attached hydrogens (tertiary/aromatic N) is 3. The predicted octanol–water partition coefficient (Wildman–Crippen LogP) is 1.22. The van der Waals surface area contributed by atoms with Crippen molar-refractivity contribution >= 4 is 36.6 Å². The minimum absolute atomic E-state index is 0. The quantitative estimate of drug-likeness (QED) is 0.745. The molecule has 2 saturated heterocycles. The van der Waals surface area contributed by atoms with Gasteiger partial charge in [0.1, 0.15) is 0 Å². The number of piperidine rings is 1. The van der Waals surface area contributed by atoms with Crippen molar-refractivity contribution in [1.29, 1.82) is 0 Å². The van der Waals surface area contributed by atoms with Crippen LogP contribution in [0.2, 0.25) is 0 Å². The molecule has 0 aliphatic carbocycles. The fraction of sp³-hybridized carbons (Fsp3) is 0.706. The van der Waals surface area contributed by atoms with Crippen LogP contribution in [0.15, 0.2) is 18.5 Å². The summed E-state index contributed by atoms with van der Waals surface area (Å²) in [7, 11) is 0. The summed E-state index contributed by atoms with van der Waals surface area (Å²) in [5.41, 5.74) is 0. The molecule has 2 fully saturated rings. The molecule has 148 valence electrons. The number of amides is 2. The Labute approximate surface area is 167 Å². The topological polar surface area (TPSA) is 79.3 Å². The number of hydrogen-bond donors (Lipinski definition) is 2. The molecule has 2 atom stereocenters. The third kappa shape index (κ3) is 6.45. The smallest absolute Gasteiger partial charge is 0.237 e. The maximum atomic E-state index is 12.4. The zero-order chi connectivity index (χ0) is 16.8. The summed E-state index contributed by atoms with van der Waals surface area (Å²) in [4.78, 5) is 26.4. The minimum Gasteiger partial charge on any atom is -0.354 e. The Balaban J connectivity index is 0.00000169.